The van der Waals surface area contributed by atoms with Crippen molar-refractivity contribution in [2.24, 2.45) is 0 Å². The van der Waals surface area contributed by atoms with Gasteiger partial charge in [0.05, 0.1) is 13.2 Å². The lowest BCUT2D eigenvalue weighted by molar-refractivity contribution is -0.117. The molecule has 1 heterocycles. The van der Waals surface area contributed by atoms with Gasteiger partial charge in [-0.05, 0) is 44.3 Å². The van der Waals surface area contributed by atoms with Gasteiger partial charge in [-0.2, -0.15) is 0 Å². The summed E-state index contributed by atoms with van der Waals surface area (Å²) in [6.07, 6.45) is 0. The molecule has 0 bridgehead atoms. The van der Waals surface area contributed by atoms with Crippen molar-refractivity contribution in [3.05, 3.63) is 65.7 Å². The highest BCUT2D eigenvalue weighted by atomic mass is 19.1. The predicted molar refractivity (Wildman–Crippen MR) is 104 cm³/mol. The van der Waals surface area contributed by atoms with Crippen LogP contribution < -0.4 is 5.32 Å². The highest BCUT2D eigenvalue weighted by Gasteiger charge is 2.23. The van der Waals surface area contributed by atoms with Gasteiger partial charge in [0.2, 0.25) is 11.7 Å². The van der Waals surface area contributed by atoms with Gasteiger partial charge in [-0.1, -0.05) is 18.2 Å². The Bertz CT molecular complexity index is 982. The zero-order valence-electron chi connectivity index (χ0n) is 15.7. The number of para-hydroxylation sites is 1. The average Bonchev–Trinajstić information content (AvgIpc) is 3.02. The number of likely N-dealkylation sites (N-methyl/N-ethyl adjacent to an activating group) is 1. The van der Waals surface area contributed by atoms with E-state index in [4.69, 9.17) is 9.15 Å². The number of benzene rings is 2. The van der Waals surface area contributed by atoms with Crippen LogP contribution in [0.15, 0.2) is 52.9 Å². The lowest BCUT2D eigenvalue weighted by Gasteiger charge is -2.16. The molecule has 0 spiro atoms. The van der Waals surface area contributed by atoms with Gasteiger partial charge in [-0.3, -0.25) is 9.69 Å². The molecule has 3 rings (SSSR count). The molecule has 0 radical (unpaired) electrons. The molecule has 0 unspecified atom stereocenters. The zero-order valence-corrected chi connectivity index (χ0v) is 15.7. The van der Waals surface area contributed by atoms with E-state index in [1.165, 1.54) is 24.3 Å². The van der Waals surface area contributed by atoms with E-state index in [2.05, 4.69) is 5.32 Å². The van der Waals surface area contributed by atoms with Crippen molar-refractivity contribution in [1.29, 1.82) is 0 Å². The van der Waals surface area contributed by atoms with Crippen LogP contribution in [0.3, 0.4) is 0 Å². The van der Waals surface area contributed by atoms with Gasteiger partial charge in [-0.15, -0.1) is 0 Å². The van der Waals surface area contributed by atoms with Crippen LogP contribution in [-0.2, 0) is 16.1 Å². The Morgan fingerprint density at radius 3 is 2.57 bits per heavy atom. The molecule has 7 heteroatoms. The third-order valence-corrected chi connectivity index (χ3v) is 4.13. The van der Waals surface area contributed by atoms with Crippen molar-refractivity contribution in [1.82, 2.24) is 4.90 Å². The highest BCUT2D eigenvalue weighted by molar-refractivity contribution is 5.96. The molecule has 28 heavy (non-hydrogen) atoms. The summed E-state index contributed by atoms with van der Waals surface area (Å²) in [5, 5.41) is 3.51. The summed E-state index contributed by atoms with van der Waals surface area (Å²) in [7, 11) is 1.76. The van der Waals surface area contributed by atoms with Crippen LogP contribution in [0.2, 0.25) is 0 Å². The van der Waals surface area contributed by atoms with Crippen LogP contribution in [-0.4, -0.2) is 37.0 Å². The molecule has 0 aliphatic rings. The van der Waals surface area contributed by atoms with Gasteiger partial charge in [0.25, 0.3) is 0 Å². The number of anilines is 1. The Labute approximate surface area is 161 Å². The number of carbonyl (C=O) groups excluding carboxylic acids is 2. The topological polar surface area (TPSA) is 71.8 Å². The van der Waals surface area contributed by atoms with Crippen LogP contribution in [0.1, 0.15) is 23.0 Å². The number of fused-ring (bicyclic) bond motifs is 1. The van der Waals surface area contributed by atoms with E-state index >= 15 is 0 Å². The number of nitrogens with zero attached hydrogens (tertiary/aromatic N) is 1. The fourth-order valence-corrected chi connectivity index (χ4v) is 2.92. The minimum absolute atomic E-state index is 0.0825. The van der Waals surface area contributed by atoms with Crippen molar-refractivity contribution >= 4 is 28.5 Å². The maximum Gasteiger partial charge on any atom is 0.374 e. The molecule has 3 aromatic rings. The monoisotopic (exact) mass is 384 g/mol. The Hall–Kier alpha value is -3.19. The molecule has 1 aromatic heterocycles. The smallest absolute Gasteiger partial charge is 0.374 e. The summed E-state index contributed by atoms with van der Waals surface area (Å²) in [6, 6.07) is 12.9. The third-order valence-electron chi connectivity index (χ3n) is 4.13. The van der Waals surface area contributed by atoms with Gasteiger partial charge >= 0.3 is 5.97 Å². The van der Waals surface area contributed by atoms with E-state index < -0.39 is 5.97 Å². The Morgan fingerprint density at radius 1 is 1.14 bits per heavy atom. The van der Waals surface area contributed by atoms with Crippen molar-refractivity contribution in [3.8, 4) is 0 Å². The third kappa shape index (κ3) is 4.55. The lowest BCUT2D eigenvalue weighted by atomic mass is 10.1. The van der Waals surface area contributed by atoms with Crippen LogP contribution in [0, 0.1) is 5.82 Å². The first-order chi connectivity index (χ1) is 13.5. The number of nitrogens with one attached hydrogen (secondary N) is 1. The molecule has 2 aromatic carbocycles. The molecule has 1 N–H and O–H groups in total. The molecule has 6 nitrogen and oxygen atoms in total. The maximum absolute atomic E-state index is 13.0. The van der Waals surface area contributed by atoms with Crippen molar-refractivity contribution in [2.45, 2.75) is 13.5 Å². The molecule has 146 valence electrons. The molecule has 0 aliphatic carbocycles. The van der Waals surface area contributed by atoms with Gasteiger partial charge in [0, 0.05) is 23.2 Å². The first-order valence-corrected chi connectivity index (χ1v) is 8.89. The van der Waals surface area contributed by atoms with Gasteiger partial charge in [0.15, 0.2) is 0 Å². The van der Waals surface area contributed by atoms with Gasteiger partial charge < -0.3 is 14.5 Å². The van der Waals surface area contributed by atoms with Gasteiger partial charge in [-0.25, -0.2) is 9.18 Å². The van der Waals surface area contributed by atoms with Crippen LogP contribution in [0.25, 0.3) is 11.0 Å². The molecule has 0 fully saturated rings. The van der Waals surface area contributed by atoms with E-state index in [1.54, 1.807) is 24.9 Å². The summed E-state index contributed by atoms with van der Waals surface area (Å²) in [6.45, 7) is 2.37. The van der Waals surface area contributed by atoms with Crippen molar-refractivity contribution in [2.75, 3.05) is 25.5 Å². The number of hydrogen-bond donors (Lipinski definition) is 1. The Morgan fingerprint density at radius 2 is 1.86 bits per heavy atom. The number of rotatable bonds is 7. The largest absolute Gasteiger partial charge is 0.460 e. The van der Waals surface area contributed by atoms with E-state index in [-0.39, 0.29) is 30.6 Å². The molecule has 0 saturated heterocycles. The first-order valence-electron chi connectivity index (χ1n) is 8.89. The SMILES string of the molecule is CCOC(=O)c1oc2ccccc2c1CN(C)CC(=O)Nc1ccc(F)cc1. The number of carbonyl (C=O) groups is 2. The number of halogens is 1. The standard InChI is InChI=1S/C21H21FN2O4/c1-3-27-21(26)20-17(16-6-4-5-7-18(16)28-20)12-24(2)13-19(25)23-15-10-8-14(22)9-11-15/h4-11H,3,12-13H2,1-2H3,(H,23,25). The highest BCUT2D eigenvalue weighted by Crippen LogP contribution is 2.27. The zero-order chi connectivity index (χ0) is 20.1. The Kier molecular flexibility index (Phi) is 6.06. The normalized spacial score (nSPS) is 11.0. The second-order valence-corrected chi connectivity index (χ2v) is 6.35. The van der Waals surface area contributed by atoms with Crippen LogP contribution in [0.4, 0.5) is 10.1 Å². The minimum atomic E-state index is -0.530. The second-order valence-electron chi connectivity index (χ2n) is 6.35. The lowest BCUT2D eigenvalue weighted by Crippen LogP contribution is -2.30. The quantitative estimate of drug-likeness (QED) is 0.627. The summed E-state index contributed by atoms with van der Waals surface area (Å²) in [4.78, 5) is 26.3. The van der Waals surface area contributed by atoms with E-state index in [0.717, 1.165) is 5.39 Å². The van der Waals surface area contributed by atoms with Crippen LogP contribution >= 0.6 is 0 Å². The summed E-state index contributed by atoms with van der Waals surface area (Å²) in [5.74, 6) is -1.00. The number of hydrogen-bond acceptors (Lipinski definition) is 5. The number of ether oxygens (including phenoxy) is 1. The van der Waals surface area contributed by atoms with E-state index in [9.17, 15) is 14.0 Å². The summed E-state index contributed by atoms with van der Waals surface area (Å²) < 4.78 is 23.7. The molecular formula is C21H21FN2O4. The fraction of sp³-hybridized carbons (Fsp3) is 0.238. The van der Waals surface area contributed by atoms with Gasteiger partial charge in [0.1, 0.15) is 11.4 Å². The van der Waals surface area contributed by atoms with E-state index in [0.29, 0.717) is 23.4 Å². The summed E-state index contributed by atoms with van der Waals surface area (Å²) in [5.41, 5.74) is 1.77. The molecule has 0 atom stereocenters. The molecule has 1 amide bonds. The van der Waals surface area contributed by atoms with Crippen molar-refractivity contribution in [3.63, 3.8) is 0 Å². The minimum Gasteiger partial charge on any atom is -0.460 e. The molecule has 0 aliphatic heterocycles. The fourth-order valence-electron chi connectivity index (χ4n) is 2.92. The second kappa shape index (κ2) is 8.67. The maximum atomic E-state index is 13.0. The van der Waals surface area contributed by atoms with Crippen molar-refractivity contribution < 1.29 is 23.1 Å². The average molecular weight is 384 g/mol. The van der Waals surface area contributed by atoms with Crippen LogP contribution in [0.5, 0.6) is 0 Å². The number of furan rings is 1. The number of amides is 1. The predicted octanol–water partition coefficient (Wildman–Crippen LogP) is 3.82. The molecular weight excluding hydrogens is 363 g/mol. The molecule has 0 saturated carbocycles. The number of esters is 1. The Balaban J connectivity index is 1.73. The van der Waals surface area contributed by atoms with E-state index in [1.807, 2.05) is 18.2 Å². The first kappa shape index (κ1) is 19.6. The summed E-state index contributed by atoms with van der Waals surface area (Å²) >= 11 is 0.